The van der Waals surface area contributed by atoms with Crippen molar-refractivity contribution in [1.29, 1.82) is 0 Å². The molecule has 0 aromatic heterocycles. The summed E-state index contributed by atoms with van der Waals surface area (Å²) in [7, 11) is -3.92. The van der Waals surface area contributed by atoms with Gasteiger partial charge in [0, 0.05) is 17.2 Å². The van der Waals surface area contributed by atoms with Gasteiger partial charge in [-0.25, -0.2) is 13.6 Å². The molecule has 8 heteroatoms. The fraction of sp³-hybridized carbons (Fsp3) is 0.462. The molecule has 0 saturated carbocycles. The molecule has 1 aliphatic heterocycles. The Hall–Kier alpha value is -1.15. The van der Waals surface area contributed by atoms with Crippen LogP contribution >= 0.6 is 11.6 Å². The van der Waals surface area contributed by atoms with Crippen molar-refractivity contribution in [3.05, 3.63) is 28.3 Å². The van der Waals surface area contributed by atoms with Gasteiger partial charge in [-0.05, 0) is 37.5 Å². The quantitative estimate of drug-likeness (QED) is 0.869. The van der Waals surface area contributed by atoms with Crippen LogP contribution in [-0.4, -0.2) is 33.6 Å². The standard InChI is InChI=1S/C13H17ClN2O4S/c1-8-11(5-10(6-12(8)14)21(15,18)19)13(17)16-9-3-2-4-20-7-9/h5-6,9H,2-4,7H2,1H3,(H,16,17)(H2,15,18,19). The number of hydrogen-bond acceptors (Lipinski definition) is 4. The second-order valence-electron chi connectivity index (χ2n) is 5.01. The molecule has 21 heavy (non-hydrogen) atoms. The van der Waals surface area contributed by atoms with E-state index in [1.54, 1.807) is 6.92 Å². The van der Waals surface area contributed by atoms with Crippen LogP contribution in [0.5, 0.6) is 0 Å². The van der Waals surface area contributed by atoms with Gasteiger partial charge < -0.3 is 10.1 Å². The fourth-order valence-electron chi connectivity index (χ4n) is 2.17. The monoisotopic (exact) mass is 332 g/mol. The lowest BCUT2D eigenvalue weighted by atomic mass is 10.1. The minimum Gasteiger partial charge on any atom is -0.379 e. The number of halogens is 1. The van der Waals surface area contributed by atoms with E-state index in [9.17, 15) is 13.2 Å². The number of nitrogens with two attached hydrogens (primary N) is 1. The maximum atomic E-state index is 12.3. The second-order valence-corrected chi connectivity index (χ2v) is 6.98. The van der Waals surface area contributed by atoms with E-state index in [4.69, 9.17) is 21.5 Å². The Bertz CT molecular complexity index is 654. The third-order valence-corrected chi connectivity index (χ3v) is 4.67. The first-order valence-electron chi connectivity index (χ1n) is 6.50. The number of ether oxygens (including phenoxy) is 1. The van der Waals surface area contributed by atoms with E-state index in [0.29, 0.717) is 18.8 Å². The van der Waals surface area contributed by atoms with E-state index in [0.717, 1.165) is 12.8 Å². The van der Waals surface area contributed by atoms with Crippen molar-refractivity contribution in [1.82, 2.24) is 5.32 Å². The van der Waals surface area contributed by atoms with Gasteiger partial charge in [0.1, 0.15) is 0 Å². The predicted molar refractivity (Wildman–Crippen MR) is 78.9 cm³/mol. The van der Waals surface area contributed by atoms with Gasteiger partial charge in [0.15, 0.2) is 0 Å². The van der Waals surface area contributed by atoms with E-state index < -0.39 is 10.0 Å². The summed E-state index contributed by atoms with van der Waals surface area (Å²) in [5.74, 6) is -0.379. The normalized spacial score (nSPS) is 19.3. The summed E-state index contributed by atoms with van der Waals surface area (Å²) < 4.78 is 28.2. The van der Waals surface area contributed by atoms with Gasteiger partial charge >= 0.3 is 0 Å². The van der Waals surface area contributed by atoms with E-state index in [1.807, 2.05) is 0 Å². The van der Waals surface area contributed by atoms with Crippen LogP contribution in [-0.2, 0) is 14.8 Å². The van der Waals surface area contributed by atoms with E-state index in [-0.39, 0.29) is 27.4 Å². The van der Waals surface area contributed by atoms with Crippen molar-refractivity contribution in [3.63, 3.8) is 0 Å². The van der Waals surface area contributed by atoms with Crippen molar-refractivity contribution in [2.45, 2.75) is 30.7 Å². The molecule has 0 spiro atoms. The zero-order valence-corrected chi connectivity index (χ0v) is 13.1. The number of benzene rings is 1. The number of carbonyl (C=O) groups excluding carboxylic acids is 1. The molecule has 1 heterocycles. The molecule has 1 aliphatic rings. The molecule has 1 fully saturated rings. The van der Waals surface area contributed by atoms with Crippen LogP contribution in [0.15, 0.2) is 17.0 Å². The van der Waals surface area contributed by atoms with Gasteiger partial charge in [-0.3, -0.25) is 4.79 Å². The Morgan fingerprint density at radius 2 is 2.19 bits per heavy atom. The van der Waals surface area contributed by atoms with Crippen LogP contribution in [0, 0.1) is 6.92 Å². The molecule has 1 atom stereocenters. The minimum atomic E-state index is -3.92. The molecule has 116 valence electrons. The largest absolute Gasteiger partial charge is 0.379 e. The lowest BCUT2D eigenvalue weighted by Crippen LogP contribution is -2.40. The Labute approximate surface area is 128 Å². The molecule has 0 bridgehead atoms. The molecule has 0 radical (unpaired) electrons. The van der Waals surface area contributed by atoms with Crippen LogP contribution in [0.2, 0.25) is 5.02 Å². The summed E-state index contributed by atoms with van der Waals surface area (Å²) in [6.45, 7) is 2.80. The van der Waals surface area contributed by atoms with Crippen LogP contribution in [0.1, 0.15) is 28.8 Å². The number of hydrogen-bond donors (Lipinski definition) is 2. The highest BCUT2D eigenvalue weighted by Gasteiger charge is 2.21. The highest BCUT2D eigenvalue weighted by atomic mass is 35.5. The molecular formula is C13H17ClN2O4S. The summed E-state index contributed by atoms with van der Waals surface area (Å²) in [5, 5.41) is 8.10. The molecule has 2 rings (SSSR count). The maximum Gasteiger partial charge on any atom is 0.251 e. The minimum absolute atomic E-state index is 0.0810. The number of carbonyl (C=O) groups is 1. The number of primary sulfonamides is 1. The van der Waals surface area contributed by atoms with Crippen LogP contribution < -0.4 is 10.5 Å². The van der Waals surface area contributed by atoms with E-state index in [2.05, 4.69) is 5.32 Å². The molecule has 1 aromatic rings. The van der Waals surface area contributed by atoms with Crippen molar-refractivity contribution >= 4 is 27.5 Å². The predicted octanol–water partition coefficient (Wildman–Crippen LogP) is 1.20. The van der Waals surface area contributed by atoms with Gasteiger partial charge in [-0.2, -0.15) is 0 Å². The maximum absolute atomic E-state index is 12.3. The molecule has 6 nitrogen and oxygen atoms in total. The van der Waals surface area contributed by atoms with Crippen molar-refractivity contribution in [2.24, 2.45) is 5.14 Å². The summed E-state index contributed by atoms with van der Waals surface area (Å²) in [5.41, 5.74) is 0.718. The zero-order chi connectivity index (χ0) is 15.6. The average Bonchev–Trinajstić information content (AvgIpc) is 2.41. The molecular weight excluding hydrogens is 316 g/mol. The topological polar surface area (TPSA) is 98.5 Å². The van der Waals surface area contributed by atoms with E-state index >= 15 is 0 Å². The summed E-state index contributed by atoms with van der Waals surface area (Å²) in [6.07, 6.45) is 1.70. The third kappa shape index (κ3) is 3.94. The Morgan fingerprint density at radius 1 is 1.48 bits per heavy atom. The number of amides is 1. The molecule has 1 amide bonds. The molecule has 1 saturated heterocycles. The summed E-state index contributed by atoms with van der Waals surface area (Å²) >= 11 is 5.99. The number of nitrogens with one attached hydrogen (secondary N) is 1. The first kappa shape index (κ1) is 16.2. The van der Waals surface area contributed by atoms with Crippen LogP contribution in [0.25, 0.3) is 0 Å². The van der Waals surface area contributed by atoms with Gasteiger partial charge in [0.05, 0.1) is 17.5 Å². The fourth-order valence-corrected chi connectivity index (χ4v) is 3.02. The second kappa shape index (κ2) is 6.31. The molecule has 0 aliphatic carbocycles. The van der Waals surface area contributed by atoms with Gasteiger partial charge in [-0.15, -0.1) is 0 Å². The SMILES string of the molecule is Cc1c(Cl)cc(S(N)(=O)=O)cc1C(=O)NC1CCCOC1. The van der Waals surface area contributed by atoms with Gasteiger partial charge in [0.2, 0.25) is 10.0 Å². The lowest BCUT2D eigenvalue weighted by Gasteiger charge is -2.23. The van der Waals surface area contributed by atoms with Crippen molar-refractivity contribution in [2.75, 3.05) is 13.2 Å². The third-order valence-electron chi connectivity index (χ3n) is 3.39. The first-order valence-corrected chi connectivity index (χ1v) is 8.43. The van der Waals surface area contributed by atoms with Crippen LogP contribution in [0.4, 0.5) is 0 Å². The van der Waals surface area contributed by atoms with Gasteiger partial charge in [-0.1, -0.05) is 11.6 Å². The number of sulfonamides is 1. The lowest BCUT2D eigenvalue weighted by molar-refractivity contribution is 0.0624. The Kier molecular flexibility index (Phi) is 4.88. The zero-order valence-electron chi connectivity index (χ0n) is 11.6. The first-order chi connectivity index (χ1) is 9.79. The number of rotatable bonds is 3. The van der Waals surface area contributed by atoms with Crippen molar-refractivity contribution in [3.8, 4) is 0 Å². The Balaban J connectivity index is 2.29. The van der Waals surface area contributed by atoms with E-state index in [1.165, 1.54) is 12.1 Å². The molecule has 1 aromatic carbocycles. The average molecular weight is 333 g/mol. The highest BCUT2D eigenvalue weighted by Crippen LogP contribution is 2.24. The summed E-state index contributed by atoms with van der Waals surface area (Å²) in [6, 6.07) is 2.41. The van der Waals surface area contributed by atoms with Gasteiger partial charge in [0.25, 0.3) is 5.91 Å². The summed E-state index contributed by atoms with van der Waals surface area (Å²) in [4.78, 5) is 12.1. The Morgan fingerprint density at radius 3 is 2.76 bits per heavy atom. The smallest absolute Gasteiger partial charge is 0.251 e. The highest BCUT2D eigenvalue weighted by molar-refractivity contribution is 7.89. The van der Waals surface area contributed by atoms with Crippen LogP contribution in [0.3, 0.4) is 0 Å². The van der Waals surface area contributed by atoms with Crippen molar-refractivity contribution < 1.29 is 17.9 Å². The molecule has 3 N–H and O–H groups in total. The molecule has 1 unspecified atom stereocenters.